The Morgan fingerprint density at radius 3 is 2.52 bits per heavy atom. The van der Waals surface area contributed by atoms with Gasteiger partial charge in [0, 0.05) is 29.4 Å². The Bertz CT molecular complexity index is 910. The van der Waals surface area contributed by atoms with Gasteiger partial charge in [-0.2, -0.15) is 4.31 Å². The average Bonchev–Trinajstić information content (AvgIpc) is 3.22. The third-order valence-electron chi connectivity index (χ3n) is 4.34. The molecule has 2 aromatic carbocycles. The first-order valence-electron chi connectivity index (χ1n) is 8.77. The normalized spacial score (nSPS) is 14.9. The highest BCUT2D eigenvalue weighted by Gasteiger charge is 2.27. The van der Waals surface area contributed by atoms with E-state index >= 15 is 0 Å². The molecule has 1 aliphatic rings. The number of rotatable bonds is 7. The van der Waals surface area contributed by atoms with Crippen LogP contribution in [0, 0.1) is 0 Å². The number of hydrogen-bond donors (Lipinski definition) is 2. The SMILES string of the molecule is CSc1cccc(NC(=O)CNc2cccc(S(=O)(=O)N3CCCC3)c2)c1. The van der Waals surface area contributed by atoms with E-state index in [1.165, 1.54) is 4.31 Å². The van der Waals surface area contributed by atoms with Gasteiger partial charge in [0.1, 0.15) is 0 Å². The Hall–Kier alpha value is -2.03. The maximum Gasteiger partial charge on any atom is 0.243 e. The zero-order valence-corrected chi connectivity index (χ0v) is 16.8. The number of anilines is 2. The number of hydrogen-bond acceptors (Lipinski definition) is 5. The van der Waals surface area contributed by atoms with E-state index in [4.69, 9.17) is 0 Å². The smallest absolute Gasteiger partial charge is 0.243 e. The van der Waals surface area contributed by atoms with Crippen molar-refractivity contribution in [2.75, 3.05) is 36.5 Å². The lowest BCUT2D eigenvalue weighted by Crippen LogP contribution is -2.28. The maximum absolute atomic E-state index is 12.6. The Labute approximate surface area is 164 Å². The summed E-state index contributed by atoms with van der Waals surface area (Å²) in [5, 5.41) is 5.83. The zero-order chi connectivity index (χ0) is 19.3. The van der Waals surface area contributed by atoms with Crippen LogP contribution >= 0.6 is 11.8 Å². The highest BCUT2D eigenvalue weighted by Crippen LogP contribution is 2.23. The summed E-state index contributed by atoms with van der Waals surface area (Å²) in [5.41, 5.74) is 1.34. The van der Waals surface area contributed by atoms with Crippen LogP contribution in [0.4, 0.5) is 11.4 Å². The van der Waals surface area contributed by atoms with E-state index in [2.05, 4.69) is 10.6 Å². The summed E-state index contributed by atoms with van der Waals surface area (Å²) < 4.78 is 26.8. The average molecular weight is 406 g/mol. The van der Waals surface area contributed by atoms with Crippen molar-refractivity contribution in [3.05, 3.63) is 48.5 Å². The summed E-state index contributed by atoms with van der Waals surface area (Å²) in [4.78, 5) is 13.5. The van der Waals surface area contributed by atoms with Gasteiger partial charge < -0.3 is 10.6 Å². The summed E-state index contributed by atoms with van der Waals surface area (Å²) >= 11 is 1.61. The lowest BCUT2D eigenvalue weighted by atomic mass is 10.3. The molecule has 0 radical (unpaired) electrons. The molecule has 6 nitrogen and oxygen atoms in total. The molecule has 2 N–H and O–H groups in total. The number of amides is 1. The molecule has 0 atom stereocenters. The van der Waals surface area contributed by atoms with E-state index in [1.54, 1.807) is 36.0 Å². The Morgan fingerprint density at radius 2 is 1.78 bits per heavy atom. The molecule has 3 rings (SSSR count). The van der Waals surface area contributed by atoms with Gasteiger partial charge in [-0.25, -0.2) is 8.42 Å². The van der Waals surface area contributed by atoms with Crippen molar-refractivity contribution in [3.8, 4) is 0 Å². The molecule has 0 aromatic heterocycles. The first-order chi connectivity index (χ1) is 13.0. The van der Waals surface area contributed by atoms with E-state index in [-0.39, 0.29) is 17.3 Å². The van der Waals surface area contributed by atoms with E-state index < -0.39 is 10.0 Å². The van der Waals surface area contributed by atoms with Crippen LogP contribution in [0.5, 0.6) is 0 Å². The Balaban J connectivity index is 1.62. The van der Waals surface area contributed by atoms with Crippen LogP contribution in [0.25, 0.3) is 0 Å². The molecule has 8 heteroatoms. The van der Waals surface area contributed by atoms with Crippen molar-refractivity contribution in [2.45, 2.75) is 22.6 Å². The van der Waals surface area contributed by atoms with Gasteiger partial charge in [-0.15, -0.1) is 11.8 Å². The predicted octanol–water partition coefficient (Wildman–Crippen LogP) is 3.24. The highest BCUT2D eigenvalue weighted by atomic mass is 32.2. The fourth-order valence-corrected chi connectivity index (χ4v) is 4.96. The molecule has 2 aromatic rings. The van der Waals surface area contributed by atoms with Gasteiger partial charge in [-0.05, 0) is 55.5 Å². The van der Waals surface area contributed by atoms with Crippen LogP contribution in [-0.4, -0.2) is 44.5 Å². The van der Waals surface area contributed by atoms with Gasteiger partial charge >= 0.3 is 0 Å². The molecule has 1 amide bonds. The van der Waals surface area contributed by atoms with Crippen molar-refractivity contribution in [1.82, 2.24) is 4.31 Å². The summed E-state index contributed by atoms with van der Waals surface area (Å²) in [6.45, 7) is 1.19. The van der Waals surface area contributed by atoms with Gasteiger partial charge in [-0.3, -0.25) is 4.79 Å². The molecular weight excluding hydrogens is 382 g/mol. The number of carbonyl (C=O) groups excluding carboxylic acids is 1. The van der Waals surface area contributed by atoms with Gasteiger partial charge in [0.25, 0.3) is 0 Å². The van der Waals surface area contributed by atoms with Crippen LogP contribution in [0.3, 0.4) is 0 Å². The standard InChI is InChI=1S/C19H23N3O3S2/c1-26-17-8-4-7-16(12-17)21-19(23)14-20-15-6-5-9-18(13-15)27(24,25)22-10-2-3-11-22/h4-9,12-13,20H,2-3,10-11,14H2,1H3,(H,21,23). The van der Waals surface area contributed by atoms with Crippen molar-refractivity contribution in [3.63, 3.8) is 0 Å². The quantitative estimate of drug-likeness (QED) is 0.692. The zero-order valence-electron chi connectivity index (χ0n) is 15.1. The fraction of sp³-hybridized carbons (Fsp3) is 0.316. The van der Waals surface area contributed by atoms with Crippen molar-refractivity contribution in [1.29, 1.82) is 0 Å². The topological polar surface area (TPSA) is 78.5 Å². The lowest BCUT2D eigenvalue weighted by molar-refractivity contribution is -0.114. The molecule has 0 aliphatic carbocycles. The second-order valence-corrected chi connectivity index (χ2v) is 9.09. The number of sulfonamides is 1. The number of benzene rings is 2. The van der Waals surface area contributed by atoms with Crippen molar-refractivity contribution < 1.29 is 13.2 Å². The molecule has 1 aliphatic heterocycles. The minimum Gasteiger partial charge on any atom is -0.376 e. The lowest BCUT2D eigenvalue weighted by Gasteiger charge is -2.16. The Kier molecular flexibility index (Phi) is 6.41. The van der Waals surface area contributed by atoms with E-state index in [9.17, 15) is 13.2 Å². The van der Waals surface area contributed by atoms with Crippen molar-refractivity contribution in [2.24, 2.45) is 0 Å². The Morgan fingerprint density at radius 1 is 1.07 bits per heavy atom. The molecule has 0 unspecified atom stereocenters. The highest BCUT2D eigenvalue weighted by molar-refractivity contribution is 7.98. The molecular formula is C19H23N3O3S2. The summed E-state index contributed by atoms with van der Waals surface area (Å²) in [5.74, 6) is -0.193. The molecule has 0 spiro atoms. The van der Waals surface area contributed by atoms with Crippen LogP contribution in [0.1, 0.15) is 12.8 Å². The molecule has 0 bridgehead atoms. The summed E-state index contributed by atoms with van der Waals surface area (Å²) in [7, 11) is -3.47. The van der Waals surface area contributed by atoms with Crippen LogP contribution in [0.2, 0.25) is 0 Å². The van der Waals surface area contributed by atoms with Gasteiger partial charge in [0.2, 0.25) is 15.9 Å². The van der Waals surface area contributed by atoms with Crippen LogP contribution in [-0.2, 0) is 14.8 Å². The summed E-state index contributed by atoms with van der Waals surface area (Å²) in [6.07, 6.45) is 3.77. The molecule has 144 valence electrons. The second-order valence-electron chi connectivity index (χ2n) is 6.27. The first-order valence-corrected chi connectivity index (χ1v) is 11.4. The fourth-order valence-electron chi connectivity index (χ4n) is 2.93. The van der Waals surface area contributed by atoms with Gasteiger partial charge in [0.05, 0.1) is 11.4 Å². The minimum absolute atomic E-state index is 0.0523. The molecule has 1 heterocycles. The van der Waals surface area contributed by atoms with Crippen molar-refractivity contribution >= 4 is 39.1 Å². The third-order valence-corrected chi connectivity index (χ3v) is 6.96. The first kappa shape index (κ1) is 19.7. The minimum atomic E-state index is -3.47. The number of carbonyl (C=O) groups is 1. The monoisotopic (exact) mass is 405 g/mol. The van der Waals surface area contributed by atoms with Gasteiger partial charge in [-0.1, -0.05) is 12.1 Å². The number of thioether (sulfide) groups is 1. The number of nitrogens with one attached hydrogen (secondary N) is 2. The van der Waals surface area contributed by atoms with E-state index in [0.717, 1.165) is 23.4 Å². The third kappa shape index (κ3) is 5.03. The van der Waals surface area contributed by atoms with E-state index in [1.807, 2.05) is 30.5 Å². The summed E-state index contributed by atoms with van der Waals surface area (Å²) in [6, 6.07) is 14.2. The van der Waals surface area contributed by atoms with E-state index in [0.29, 0.717) is 18.8 Å². The van der Waals surface area contributed by atoms with Crippen LogP contribution < -0.4 is 10.6 Å². The maximum atomic E-state index is 12.6. The van der Waals surface area contributed by atoms with Gasteiger partial charge in [0.15, 0.2) is 0 Å². The van der Waals surface area contributed by atoms with Crippen LogP contribution in [0.15, 0.2) is 58.3 Å². The second kappa shape index (κ2) is 8.77. The molecule has 0 saturated carbocycles. The number of nitrogens with zero attached hydrogens (tertiary/aromatic N) is 1. The molecule has 27 heavy (non-hydrogen) atoms. The predicted molar refractivity (Wildman–Crippen MR) is 110 cm³/mol. The largest absolute Gasteiger partial charge is 0.376 e. The molecule has 1 fully saturated rings. The molecule has 1 saturated heterocycles.